The number of hydrogen-bond donors (Lipinski definition) is 1. The molecule has 0 spiro atoms. The van der Waals surface area contributed by atoms with Gasteiger partial charge in [-0.05, 0) is 17.7 Å². The number of hydrogen-bond acceptors (Lipinski definition) is 8. The Morgan fingerprint density at radius 1 is 1.14 bits per heavy atom. The molecule has 1 N–H and O–H groups in total. The number of benzene rings is 1. The van der Waals surface area contributed by atoms with Crippen LogP contribution in [0.4, 0.5) is 11.5 Å². The van der Waals surface area contributed by atoms with Crippen LogP contribution in [-0.2, 0) is 20.9 Å². The van der Waals surface area contributed by atoms with Crippen LogP contribution in [0.3, 0.4) is 0 Å². The number of piperazine rings is 1. The monoisotopic (exact) mass is 413 g/mol. The minimum atomic E-state index is -0.343. The van der Waals surface area contributed by atoms with Crippen LogP contribution < -0.4 is 5.32 Å². The Balaban J connectivity index is 1.30. The van der Waals surface area contributed by atoms with E-state index in [9.17, 15) is 9.59 Å². The standard InChI is InChI=1S/C20H23N5O3S/c1-28-18(27)5-4-17(26)25-10-8-24(9-11-25)13-14-2-3-16-15(12-14)23-19-20(29-16)22-7-6-21-19/h2-3,6-7,12H,4-5,8-11,13H2,1H3,(H,21,23). The topological polar surface area (TPSA) is 87.7 Å². The van der Waals surface area contributed by atoms with Crippen LogP contribution >= 0.6 is 11.8 Å². The maximum atomic E-state index is 12.2. The molecule has 29 heavy (non-hydrogen) atoms. The summed E-state index contributed by atoms with van der Waals surface area (Å²) in [6, 6.07) is 6.42. The van der Waals surface area contributed by atoms with Crippen molar-refractivity contribution in [1.82, 2.24) is 19.8 Å². The summed E-state index contributed by atoms with van der Waals surface area (Å²) in [6.07, 6.45) is 3.74. The summed E-state index contributed by atoms with van der Waals surface area (Å²) in [5.74, 6) is 0.468. The fraction of sp³-hybridized carbons (Fsp3) is 0.400. The Kier molecular flexibility index (Phi) is 5.96. The van der Waals surface area contributed by atoms with E-state index >= 15 is 0 Å². The summed E-state index contributed by atoms with van der Waals surface area (Å²) in [6.45, 7) is 3.83. The summed E-state index contributed by atoms with van der Waals surface area (Å²) >= 11 is 1.62. The molecule has 0 atom stereocenters. The third-order valence-corrected chi connectivity index (χ3v) is 6.14. The Morgan fingerprint density at radius 2 is 1.93 bits per heavy atom. The van der Waals surface area contributed by atoms with E-state index in [4.69, 9.17) is 0 Å². The maximum Gasteiger partial charge on any atom is 0.306 e. The van der Waals surface area contributed by atoms with E-state index in [2.05, 4.69) is 43.1 Å². The molecule has 1 amide bonds. The lowest BCUT2D eigenvalue weighted by molar-refractivity contribution is -0.144. The molecule has 0 saturated carbocycles. The van der Waals surface area contributed by atoms with Gasteiger partial charge in [0.25, 0.3) is 0 Å². The van der Waals surface area contributed by atoms with Gasteiger partial charge in [-0.2, -0.15) is 0 Å². The second kappa shape index (κ2) is 8.79. The van der Waals surface area contributed by atoms with E-state index in [1.54, 1.807) is 24.2 Å². The Morgan fingerprint density at radius 3 is 2.72 bits per heavy atom. The molecule has 8 nitrogen and oxygen atoms in total. The van der Waals surface area contributed by atoms with Gasteiger partial charge in [0.1, 0.15) is 5.03 Å². The van der Waals surface area contributed by atoms with Crippen LogP contribution in [0.5, 0.6) is 0 Å². The number of ether oxygens (including phenoxy) is 1. The van der Waals surface area contributed by atoms with Gasteiger partial charge in [0, 0.05) is 56.4 Å². The van der Waals surface area contributed by atoms with Gasteiger partial charge in [0.05, 0.1) is 19.2 Å². The Hall–Kier alpha value is -2.65. The number of rotatable bonds is 5. The molecule has 152 valence electrons. The second-order valence-corrected chi connectivity index (χ2v) is 8.03. The van der Waals surface area contributed by atoms with Crippen LogP contribution in [-0.4, -0.2) is 64.9 Å². The van der Waals surface area contributed by atoms with Gasteiger partial charge in [0.15, 0.2) is 5.82 Å². The van der Waals surface area contributed by atoms with Gasteiger partial charge < -0.3 is 15.0 Å². The van der Waals surface area contributed by atoms with E-state index in [-0.39, 0.29) is 24.7 Å². The van der Waals surface area contributed by atoms with Crippen LogP contribution in [0, 0.1) is 0 Å². The minimum Gasteiger partial charge on any atom is -0.469 e. The van der Waals surface area contributed by atoms with Crippen molar-refractivity contribution in [2.75, 3.05) is 38.6 Å². The SMILES string of the molecule is COC(=O)CCC(=O)N1CCN(Cc2ccc3c(c2)Nc2nccnc2S3)CC1. The molecule has 1 aromatic heterocycles. The highest BCUT2D eigenvalue weighted by molar-refractivity contribution is 7.99. The van der Waals surface area contributed by atoms with Gasteiger partial charge in [-0.1, -0.05) is 17.8 Å². The highest BCUT2D eigenvalue weighted by Crippen LogP contribution is 2.42. The summed E-state index contributed by atoms with van der Waals surface area (Å²) in [5, 5.41) is 4.25. The average Bonchev–Trinajstić information content (AvgIpc) is 2.76. The largest absolute Gasteiger partial charge is 0.469 e. The van der Waals surface area contributed by atoms with E-state index in [1.165, 1.54) is 12.7 Å². The number of anilines is 2. The number of esters is 1. The predicted octanol–water partition coefficient (Wildman–Crippen LogP) is 2.28. The average molecular weight is 414 g/mol. The summed E-state index contributed by atoms with van der Waals surface area (Å²) in [5.41, 5.74) is 2.27. The van der Waals surface area contributed by atoms with Gasteiger partial charge in [-0.15, -0.1) is 0 Å². The first kappa shape index (κ1) is 19.7. The van der Waals surface area contributed by atoms with Gasteiger partial charge >= 0.3 is 5.97 Å². The van der Waals surface area contributed by atoms with Crippen molar-refractivity contribution in [2.24, 2.45) is 0 Å². The number of nitrogens with one attached hydrogen (secondary N) is 1. The van der Waals surface area contributed by atoms with Gasteiger partial charge in [0.2, 0.25) is 5.91 Å². The van der Waals surface area contributed by atoms with Crippen molar-refractivity contribution in [3.8, 4) is 0 Å². The quantitative estimate of drug-likeness (QED) is 0.638. The van der Waals surface area contributed by atoms with Crippen molar-refractivity contribution in [2.45, 2.75) is 29.3 Å². The molecule has 0 bridgehead atoms. The van der Waals surface area contributed by atoms with Gasteiger partial charge in [-0.25, -0.2) is 9.97 Å². The first-order valence-corrected chi connectivity index (χ1v) is 10.4. The number of carbonyl (C=O) groups is 2. The summed E-state index contributed by atoms with van der Waals surface area (Å²) in [7, 11) is 1.34. The molecule has 1 fully saturated rings. The zero-order valence-electron chi connectivity index (χ0n) is 16.3. The zero-order valence-corrected chi connectivity index (χ0v) is 17.1. The number of amides is 1. The maximum absolute atomic E-state index is 12.2. The lowest BCUT2D eigenvalue weighted by Crippen LogP contribution is -2.48. The Bertz CT molecular complexity index is 915. The van der Waals surface area contributed by atoms with E-state index in [1.807, 2.05) is 4.90 Å². The number of fused-ring (bicyclic) bond motifs is 2. The lowest BCUT2D eigenvalue weighted by atomic mass is 10.1. The summed E-state index contributed by atoms with van der Waals surface area (Å²) in [4.78, 5) is 37.5. The van der Waals surface area contributed by atoms with Crippen molar-refractivity contribution in [3.05, 3.63) is 36.2 Å². The first-order chi connectivity index (χ1) is 14.1. The highest BCUT2D eigenvalue weighted by Gasteiger charge is 2.23. The minimum absolute atomic E-state index is 0.0184. The molecule has 2 aliphatic heterocycles. The lowest BCUT2D eigenvalue weighted by Gasteiger charge is -2.35. The highest BCUT2D eigenvalue weighted by atomic mass is 32.2. The number of aromatic nitrogens is 2. The molecular weight excluding hydrogens is 390 g/mol. The molecule has 1 aromatic carbocycles. The fourth-order valence-electron chi connectivity index (χ4n) is 3.46. The number of methoxy groups -OCH3 is 1. The zero-order chi connectivity index (χ0) is 20.2. The van der Waals surface area contributed by atoms with Gasteiger partial charge in [-0.3, -0.25) is 14.5 Å². The molecule has 2 aliphatic rings. The first-order valence-electron chi connectivity index (χ1n) is 9.58. The molecule has 0 aliphatic carbocycles. The van der Waals surface area contributed by atoms with Crippen LogP contribution in [0.1, 0.15) is 18.4 Å². The molecule has 0 radical (unpaired) electrons. The van der Waals surface area contributed by atoms with Crippen molar-refractivity contribution in [3.63, 3.8) is 0 Å². The molecule has 1 saturated heterocycles. The third-order valence-electron chi connectivity index (χ3n) is 5.07. The van der Waals surface area contributed by atoms with Crippen molar-refractivity contribution < 1.29 is 14.3 Å². The van der Waals surface area contributed by atoms with Crippen LogP contribution in [0.25, 0.3) is 0 Å². The third kappa shape index (κ3) is 4.68. The smallest absolute Gasteiger partial charge is 0.306 e. The van der Waals surface area contributed by atoms with Crippen LogP contribution in [0.2, 0.25) is 0 Å². The van der Waals surface area contributed by atoms with E-state index in [0.717, 1.165) is 41.1 Å². The van der Waals surface area contributed by atoms with E-state index < -0.39 is 0 Å². The van der Waals surface area contributed by atoms with Crippen molar-refractivity contribution >= 4 is 35.1 Å². The normalized spacial score (nSPS) is 15.8. The molecule has 0 unspecified atom stereocenters. The Labute approximate surface area is 173 Å². The number of nitrogens with zero attached hydrogens (tertiary/aromatic N) is 4. The predicted molar refractivity (Wildman–Crippen MR) is 109 cm³/mol. The summed E-state index contributed by atoms with van der Waals surface area (Å²) < 4.78 is 4.60. The van der Waals surface area contributed by atoms with E-state index in [0.29, 0.717) is 13.1 Å². The molecule has 2 aromatic rings. The number of carbonyl (C=O) groups excluding carboxylic acids is 2. The second-order valence-electron chi connectivity index (χ2n) is 7.00. The molecule has 4 rings (SSSR count). The fourth-order valence-corrected chi connectivity index (χ4v) is 4.34. The van der Waals surface area contributed by atoms with Crippen molar-refractivity contribution in [1.29, 1.82) is 0 Å². The molecule has 3 heterocycles. The molecule has 9 heteroatoms. The van der Waals surface area contributed by atoms with Crippen LogP contribution in [0.15, 0.2) is 40.5 Å². The molecular formula is C20H23N5O3S.